The fourth-order valence-corrected chi connectivity index (χ4v) is 5.38. The van der Waals surface area contributed by atoms with E-state index in [1.165, 1.54) is 18.1 Å². The third kappa shape index (κ3) is 6.46. The summed E-state index contributed by atoms with van der Waals surface area (Å²) in [6.45, 7) is 11.2. The van der Waals surface area contributed by atoms with Crippen molar-refractivity contribution in [3.63, 3.8) is 0 Å². The van der Waals surface area contributed by atoms with Crippen LogP contribution in [0.3, 0.4) is 0 Å². The lowest BCUT2D eigenvalue weighted by Gasteiger charge is -2.35. The van der Waals surface area contributed by atoms with Gasteiger partial charge in [0.05, 0.1) is 38.6 Å². The number of carbonyl (C=O) groups excluding carboxylic acids is 2. The number of carbonyl (C=O) groups is 2. The van der Waals surface area contributed by atoms with E-state index >= 15 is 4.39 Å². The second-order valence-corrected chi connectivity index (χ2v) is 11.4. The van der Waals surface area contributed by atoms with E-state index in [0.717, 1.165) is 4.47 Å². The topological polar surface area (TPSA) is 87.2 Å². The average molecular weight is 596 g/mol. The van der Waals surface area contributed by atoms with Crippen molar-refractivity contribution in [1.82, 2.24) is 9.88 Å². The van der Waals surface area contributed by atoms with Crippen LogP contribution >= 0.6 is 15.9 Å². The van der Waals surface area contributed by atoms with Gasteiger partial charge in [0.1, 0.15) is 11.9 Å². The number of nitrogens with zero attached hydrogens (tertiary/aromatic N) is 2. The molecule has 1 saturated heterocycles. The summed E-state index contributed by atoms with van der Waals surface area (Å²) in [6, 6.07) is 5.96. The maximum Gasteiger partial charge on any atom is 0.411 e. The molecule has 0 saturated carbocycles. The van der Waals surface area contributed by atoms with Gasteiger partial charge < -0.3 is 18.9 Å². The van der Waals surface area contributed by atoms with E-state index in [1.54, 1.807) is 45.2 Å². The quantitative estimate of drug-likeness (QED) is 0.342. The van der Waals surface area contributed by atoms with Crippen LogP contribution < -0.4 is 4.74 Å². The summed E-state index contributed by atoms with van der Waals surface area (Å²) in [6.07, 6.45) is -0.395. The summed E-state index contributed by atoms with van der Waals surface area (Å²) in [5, 5.41) is 0. The van der Waals surface area contributed by atoms with Crippen molar-refractivity contribution in [3.05, 3.63) is 57.9 Å². The fraction of sp³-hybridized carbons (Fsp3) is 0.536. The van der Waals surface area contributed by atoms with Crippen LogP contribution in [0.1, 0.15) is 58.7 Å². The molecule has 2 heterocycles. The number of likely N-dealkylation sites (tertiary alicyclic amines) is 1. The van der Waals surface area contributed by atoms with Gasteiger partial charge in [0.2, 0.25) is 5.88 Å². The molecule has 4 atom stereocenters. The molecule has 0 N–H and O–H groups in total. The van der Waals surface area contributed by atoms with Crippen LogP contribution in [0, 0.1) is 17.2 Å². The molecule has 208 valence electrons. The summed E-state index contributed by atoms with van der Waals surface area (Å²) in [7, 11) is 1.51. The Morgan fingerprint density at radius 1 is 1.21 bits per heavy atom. The number of aromatic nitrogens is 1. The van der Waals surface area contributed by atoms with Gasteiger partial charge in [0.15, 0.2) is 0 Å². The van der Waals surface area contributed by atoms with Crippen molar-refractivity contribution in [2.24, 2.45) is 11.3 Å². The Kier molecular flexibility index (Phi) is 9.75. The molecule has 0 spiro atoms. The van der Waals surface area contributed by atoms with Gasteiger partial charge in [0, 0.05) is 27.7 Å². The number of halogens is 2. The summed E-state index contributed by atoms with van der Waals surface area (Å²) in [5.41, 5.74) is 0.314. The number of pyridine rings is 1. The molecular formula is C28H36BrFN2O6. The van der Waals surface area contributed by atoms with Gasteiger partial charge in [-0.1, -0.05) is 39.0 Å². The van der Waals surface area contributed by atoms with Crippen molar-refractivity contribution in [3.8, 4) is 5.88 Å². The van der Waals surface area contributed by atoms with E-state index in [1.807, 2.05) is 26.8 Å². The van der Waals surface area contributed by atoms with E-state index in [-0.39, 0.29) is 18.8 Å². The minimum Gasteiger partial charge on any atom is -0.481 e. The average Bonchev–Trinajstić information content (AvgIpc) is 3.18. The summed E-state index contributed by atoms with van der Waals surface area (Å²) < 4.78 is 39.0. The van der Waals surface area contributed by atoms with Gasteiger partial charge in [-0.2, -0.15) is 0 Å². The normalized spacial score (nSPS) is 21.5. The van der Waals surface area contributed by atoms with Gasteiger partial charge in [0.25, 0.3) is 0 Å². The SMILES string of the molecule is CCOC(=O)[C@@H]1[C@@H](C(C)(C)C)[C@H](OCc2cc(Br)cnc2OC)[C@H](c2ccccc2F)N1C(=O)OC(C)C. The van der Waals surface area contributed by atoms with Gasteiger partial charge >= 0.3 is 12.1 Å². The molecule has 8 nitrogen and oxygen atoms in total. The Hall–Kier alpha value is -2.72. The highest BCUT2D eigenvalue weighted by Gasteiger charge is 2.60. The first kappa shape index (κ1) is 29.8. The highest BCUT2D eigenvalue weighted by molar-refractivity contribution is 9.10. The zero-order valence-corrected chi connectivity index (χ0v) is 24.5. The Labute approximate surface area is 231 Å². The predicted octanol–water partition coefficient (Wildman–Crippen LogP) is 6.07. The molecule has 3 rings (SSSR count). The van der Waals surface area contributed by atoms with Crippen LogP contribution in [0.5, 0.6) is 5.88 Å². The summed E-state index contributed by atoms with van der Waals surface area (Å²) in [5.74, 6) is -1.31. The lowest BCUT2D eigenvalue weighted by molar-refractivity contribution is -0.151. The van der Waals surface area contributed by atoms with E-state index in [4.69, 9.17) is 18.9 Å². The zero-order chi connectivity index (χ0) is 28.2. The van der Waals surface area contributed by atoms with Gasteiger partial charge in [-0.3, -0.25) is 4.90 Å². The maximum atomic E-state index is 15.4. The molecular weight excluding hydrogens is 559 g/mol. The zero-order valence-electron chi connectivity index (χ0n) is 22.9. The first-order valence-corrected chi connectivity index (χ1v) is 13.4. The molecule has 0 aliphatic carbocycles. The molecule has 0 radical (unpaired) electrons. The van der Waals surface area contributed by atoms with Crippen LogP contribution in [0.25, 0.3) is 0 Å². The highest BCUT2D eigenvalue weighted by atomic mass is 79.9. The first-order chi connectivity index (χ1) is 17.9. The highest BCUT2D eigenvalue weighted by Crippen LogP contribution is 2.50. The smallest absolute Gasteiger partial charge is 0.411 e. The van der Waals surface area contributed by atoms with Crippen molar-refractivity contribution in [2.75, 3.05) is 13.7 Å². The predicted molar refractivity (Wildman–Crippen MR) is 143 cm³/mol. The molecule has 0 bridgehead atoms. The van der Waals surface area contributed by atoms with Crippen molar-refractivity contribution >= 4 is 28.0 Å². The largest absolute Gasteiger partial charge is 0.481 e. The Balaban J connectivity index is 2.20. The maximum absolute atomic E-state index is 15.4. The molecule has 10 heteroatoms. The third-order valence-corrected chi connectivity index (χ3v) is 6.85. The minimum atomic E-state index is -1.07. The fourth-order valence-electron chi connectivity index (χ4n) is 5.00. The Bertz CT molecular complexity index is 1140. The lowest BCUT2D eigenvalue weighted by Crippen LogP contribution is -2.48. The molecule has 2 aromatic rings. The van der Waals surface area contributed by atoms with E-state index in [0.29, 0.717) is 11.4 Å². The molecule has 1 aliphatic rings. The lowest BCUT2D eigenvalue weighted by atomic mass is 9.73. The van der Waals surface area contributed by atoms with E-state index < -0.39 is 53.5 Å². The van der Waals surface area contributed by atoms with Crippen LogP contribution in [0.15, 0.2) is 41.0 Å². The number of benzene rings is 1. The van der Waals surface area contributed by atoms with E-state index in [9.17, 15) is 9.59 Å². The van der Waals surface area contributed by atoms with Crippen molar-refractivity contribution in [1.29, 1.82) is 0 Å². The Morgan fingerprint density at radius 2 is 1.89 bits per heavy atom. The third-order valence-electron chi connectivity index (χ3n) is 6.42. The van der Waals surface area contributed by atoms with Gasteiger partial charge in [-0.05, 0) is 54.2 Å². The van der Waals surface area contributed by atoms with Crippen LogP contribution in [-0.4, -0.2) is 53.9 Å². The number of amides is 1. The molecule has 38 heavy (non-hydrogen) atoms. The van der Waals surface area contributed by atoms with Crippen molar-refractivity contribution < 1.29 is 32.9 Å². The second-order valence-electron chi connectivity index (χ2n) is 10.5. The minimum absolute atomic E-state index is 0.0421. The number of hydrogen-bond donors (Lipinski definition) is 0. The van der Waals surface area contributed by atoms with Crippen LogP contribution in [-0.2, 0) is 25.6 Å². The molecule has 1 amide bonds. The standard InChI is InChI=1S/C28H36BrFN2O6/c1-8-36-26(33)23-21(28(4,5)6)24(37-15-17-13-18(29)14-31-25(17)35-7)22(19-11-9-10-12-20(19)30)32(23)27(34)38-16(2)3/h9-14,16,21-24H,8,15H2,1-7H3/t21-,22+,23+,24+/m1/s1. The summed E-state index contributed by atoms with van der Waals surface area (Å²) >= 11 is 3.42. The van der Waals surface area contributed by atoms with Crippen molar-refractivity contribution in [2.45, 2.75) is 72.4 Å². The molecule has 1 aromatic carbocycles. The molecule has 1 fully saturated rings. The second kappa shape index (κ2) is 12.4. The number of esters is 1. The first-order valence-electron chi connectivity index (χ1n) is 12.6. The monoisotopic (exact) mass is 594 g/mol. The van der Waals surface area contributed by atoms with Gasteiger partial charge in [-0.25, -0.2) is 19.0 Å². The number of rotatable bonds is 8. The summed E-state index contributed by atoms with van der Waals surface area (Å²) in [4.78, 5) is 32.6. The molecule has 1 aliphatic heterocycles. The van der Waals surface area contributed by atoms with Gasteiger partial charge in [-0.15, -0.1) is 0 Å². The van der Waals surface area contributed by atoms with Crippen LogP contribution in [0.2, 0.25) is 0 Å². The number of hydrogen-bond acceptors (Lipinski definition) is 7. The molecule has 0 unspecified atom stereocenters. The van der Waals surface area contributed by atoms with Crippen LogP contribution in [0.4, 0.5) is 9.18 Å². The Morgan fingerprint density at radius 3 is 2.47 bits per heavy atom. The number of ether oxygens (including phenoxy) is 4. The molecule has 1 aromatic heterocycles. The van der Waals surface area contributed by atoms with E-state index in [2.05, 4.69) is 20.9 Å². The number of methoxy groups -OCH3 is 1.